The first-order valence-electron chi connectivity index (χ1n) is 8.29. The molecule has 0 N–H and O–H groups in total. The summed E-state index contributed by atoms with van der Waals surface area (Å²) in [6, 6.07) is 20.6. The Morgan fingerprint density at radius 3 is 1.50 bits per heavy atom. The third-order valence-corrected chi connectivity index (χ3v) is 4.05. The maximum Gasteiger partial charge on any atom is -0.0236 e. The Bertz CT molecular complexity index is 504. The second kappa shape index (κ2) is 9.78. The van der Waals surface area contributed by atoms with Crippen molar-refractivity contribution in [3.05, 3.63) is 84.4 Å². The van der Waals surface area contributed by atoms with Crippen LogP contribution in [0.4, 0.5) is 0 Å². The predicted molar refractivity (Wildman–Crippen MR) is 98.6 cm³/mol. The standard InChI is InChI=1S/C14H12.C8H14/c1-3-7-13(8-4-1)11-12-14-9-5-2-6-10-14;1-2-8-6-4-3-5-7-8/h1-12H;2,8H,1,3-7H2. The largest absolute Gasteiger partial charge is 0.103 e. The molecule has 0 heteroatoms. The van der Waals surface area contributed by atoms with Gasteiger partial charge in [-0.05, 0) is 29.9 Å². The SMILES string of the molecule is C(=Cc1ccccc1)c1ccccc1.C=CC1CCCCC1. The molecule has 0 aliphatic heterocycles. The van der Waals surface area contributed by atoms with Crippen molar-refractivity contribution >= 4 is 12.2 Å². The first kappa shape index (κ1) is 16.3. The summed E-state index contributed by atoms with van der Waals surface area (Å²) in [6.07, 6.45) is 13.4. The van der Waals surface area contributed by atoms with Gasteiger partial charge in [0.05, 0.1) is 0 Å². The van der Waals surface area contributed by atoms with Gasteiger partial charge in [-0.25, -0.2) is 0 Å². The molecule has 2 aromatic rings. The second-order valence-electron chi connectivity index (χ2n) is 5.79. The molecule has 0 spiro atoms. The van der Waals surface area contributed by atoms with E-state index < -0.39 is 0 Å². The molecule has 1 aliphatic rings. The lowest BCUT2D eigenvalue weighted by atomic mass is 9.90. The van der Waals surface area contributed by atoms with Crippen molar-refractivity contribution in [2.45, 2.75) is 32.1 Å². The molecule has 0 aromatic heterocycles. The Hall–Kier alpha value is -2.08. The lowest BCUT2D eigenvalue weighted by Gasteiger charge is -2.16. The number of benzene rings is 2. The van der Waals surface area contributed by atoms with Crippen LogP contribution in [-0.4, -0.2) is 0 Å². The molecule has 1 saturated carbocycles. The Kier molecular flexibility index (Phi) is 7.25. The van der Waals surface area contributed by atoms with Crippen molar-refractivity contribution in [2.24, 2.45) is 5.92 Å². The fourth-order valence-corrected chi connectivity index (χ4v) is 2.69. The smallest absolute Gasteiger partial charge is 0.0236 e. The summed E-state index contributed by atoms with van der Waals surface area (Å²) in [5.41, 5.74) is 2.47. The molecule has 22 heavy (non-hydrogen) atoms. The minimum Gasteiger partial charge on any atom is -0.103 e. The summed E-state index contributed by atoms with van der Waals surface area (Å²) in [4.78, 5) is 0. The first-order chi connectivity index (χ1) is 10.9. The van der Waals surface area contributed by atoms with Crippen LogP contribution in [0.3, 0.4) is 0 Å². The van der Waals surface area contributed by atoms with E-state index in [4.69, 9.17) is 0 Å². The molecule has 0 radical (unpaired) electrons. The van der Waals surface area contributed by atoms with E-state index in [2.05, 4.69) is 49.1 Å². The van der Waals surface area contributed by atoms with E-state index in [1.807, 2.05) is 36.4 Å². The van der Waals surface area contributed by atoms with Crippen LogP contribution in [-0.2, 0) is 0 Å². The highest BCUT2D eigenvalue weighted by atomic mass is 14.1. The van der Waals surface area contributed by atoms with Gasteiger partial charge in [0.25, 0.3) is 0 Å². The van der Waals surface area contributed by atoms with E-state index in [0.717, 1.165) is 5.92 Å². The van der Waals surface area contributed by atoms with Crippen molar-refractivity contribution in [1.29, 1.82) is 0 Å². The number of hydrogen-bond donors (Lipinski definition) is 0. The van der Waals surface area contributed by atoms with Gasteiger partial charge in [0.1, 0.15) is 0 Å². The summed E-state index contributed by atoms with van der Waals surface area (Å²) >= 11 is 0. The van der Waals surface area contributed by atoms with Crippen LogP contribution in [0.15, 0.2) is 73.3 Å². The minimum absolute atomic E-state index is 0.851. The molecule has 0 unspecified atom stereocenters. The molecular weight excluding hydrogens is 264 g/mol. The lowest BCUT2D eigenvalue weighted by molar-refractivity contribution is 0.420. The van der Waals surface area contributed by atoms with Crippen molar-refractivity contribution in [3.63, 3.8) is 0 Å². The Morgan fingerprint density at radius 2 is 1.14 bits per heavy atom. The highest BCUT2D eigenvalue weighted by molar-refractivity contribution is 5.69. The summed E-state index contributed by atoms with van der Waals surface area (Å²) in [7, 11) is 0. The van der Waals surface area contributed by atoms with Gasteiger partial charge in [-0.15, -0.1) is 6.58 Å². The van der Waals surface area contributed by atoms with Gasteiger partial charge < -0.3 is 0 Å². The normalized spacial score (nSPS) is 15.1. The summed E-state index contributed by atoms with van der Waals surface area (Å²) in [5, 5.41) is 0. The Balaban J connectivity index is 0.000000188. The van der Waals surface area contributed by atoms with Crippen LogP contribution in [0.2, 0.25) is 0 Å². The zero-order valence-electron chi connectivity index (χ0n) is 13.3. The third-order valence-electron chi connectivity index (χ3n) is 4.05. The summed E-state index contributed by atoms with van der Waals surface area (Å²) in [6.45, 7) is 3.78. The van der Waals surface area contributed by atoms with Crippen molar-refractivity contribution in [1.82, 2.24) is 0 Å². The zero-order chi connectivity index (χ0) is 15.5. The van der Waals surface area contributed by atoms with E-state index in [1.54, 1.807) is 0 Å². The van der Waals surface area contributed by atoms with Gasteiger partial charge in [0.15, 0.2) is 0 Å². The van der Waals surface area contributed by atoms with Crippen LogP contribution in [0.1, 0.15) is 43.2 Å². The quantitative estimate of drug-likeness (QED) is 0.440. The monoisotopic (exact) mass is 290 g/mol. The fraction of sp³-hybridized carbons (Fsp3) is 0.273. The number of rotatable bonds is 3. The molecule has 0 heterocycles. The second-order valence-corrected chi connectivity index (χ2v) is 5.79. The molecule has 0 atom stereocenters. The molecule has 0 saturated heterocycles. The lowest BCUT2D eigenvalue weighted by Crippen LogP contribution is -2.01. The van der Waals surface area contributed by atoms with Crippen LogP contribution in [0.5, 0.6) is 0 Å². The van der Waals surface area contributed by atoms with Crippen molar-refractivity contribution in [2.75, 3.05) is 0 Å². The Morgan fingerprint density at radius 1 is 0.682 bits per heavy atom. The molecular formula is C22H26. The van der Waals surface area contributed by atoms with Crippen LogP contribution < -0.4 is 0 Å². The van der Waals surface area contributed by atoms with Crippen LogP contribution in [0.25, 0.3) is 12.2 Å². The maximum absolute atomic E-state index is 3.78. The molecule has 0 amide bonds. The average molecular weight is 290 g/mol. The van der Waals surface area contributed by atoms with E-state index in [0.29, 0.717) is 0 Å². The van der Waals surface area contributed by atoms with Gasteiger partial charge in [-0.2, -0.15) is 0 Å². The number of hydrogen-bond acceptors (Lipinski definition) is 0. The van der Waals surface area contributed by atoms with E-state index in [9.17, 15) is 0 Å². The minimum atomic E-state index is 0.851. The maximum atomic E-state index is 3.78. The topological polar surface area (TPSA) is 0 Å². The molecule has 114 valence electrons. The molecule has 0 bridgehead atoms. The van der Waals surface area contributed by atoms with E-state index >= 15 is 0 Å². The highest BCUT2D eigenvalue weighted by Crippen LogP contribution is 2.23. The molecule has 1 aliphatic carbocycles. The molecule has 0 nitrogen and oxygen atoms in total. The summed E-state index contributed by atoms with van der Waals surface area (Å²) in [5.74, 6) is 0.851. The van der Waals surface area contributed by atoms with Crippen LogP contribution in [0, 0.1) is 5.92 Å². The third kappa shape index (κ3) is 6.13. The van der Waals surface area contributed by atoms with Crippen molar-refractivity contribution < 1.29 is 0 Å². The van der Waals surface area contributed by atoms with Gasteiger partial charge in [0.2, 0.25) is 0 Å². The first-order valence-corrected chi connectivity index (χ1v) is 8.29. The average Bonchev–Trinajstić information content (AvgIpc) is 2.63. The van der Waals surface area contributed by atoms with Gasteiger partial charge in [-0.1, -0.05) is 98.2 Å². The van der Waals surface area contributed by atoms with E-state index in [1.165, 1.54) is 43.2 Å². The molecule has 2 aromatic carbocycles. The van der Waals surface area contributed by atoms with Gasteiger partial charge in [0, 0.05) is 0 Å². The highest BCUT2D eigenvalue weighted by Gasteiger charge is 2.07. The van der Waals surface area contributed by atoms with Gasteiger partial charge >= 0.3 is 0 Å². The molecule has 3 rings (SSSR count). The Labute approximate surface area is 135 Å². The summed E-state index contributed by atoms with van der Waals surface area (Å²) < 4.78 is 0. The zero-order valence-corrected chi connectivity index (χ0v) is 13.3. The number of allylic oxidation sites excluding steroid dienone is 1. The van der Waals surface area contributed by atoms with Gasteiger partial charge in [-0.3, -0.25) is 0 Å². The van der Waals surface area contributed by atoms with Crippen molar-refractivity contribution in [3.8, 4) is 0 Å². The fourth-order valence-electron chi connectivity index (χ4n) is 2.69. The van der Waals surface area contributed by atoms with Crippen LogP contribution >= 0.6 is 0 Å². The van der Waals surface area contributed by atoms with E-state index in [-0.39, 0.29) is 0 Å². The molecule has 1 fully saturated rings. The predicted octanol–water partition coefficient (Wildman–Crippen LogP) is 6.61.